The van der Waals surface area contributed by atoms with E-state index < -0.39 is 4.92 Å². The molecular weight excluding hydrogens is 420 g/mol. The molecule has 0 aromatic heterocycles. The number of nitrogens with zero attached hydrogens (tertiary/aromatic N) is 1. The van der Waals surface area contributed by atoms with Gasteiger partial charge in [-0.2, -0.15) is 0 Å². The average Bonchev–Trinajstić information content (AvgIpc) is 2.83. The number of anilines is 1. The Bertz CT molecular complexity index is 1340. The SMILES string of the molecule is COc1ccc(C(=O)Nc2cc([N+](=O)[O-])ccc2C)cc1COc1cccc2ccccc12. The van der Waals surface area contributed by atoms with Gasteiger partial charge < -0.3 is 14.8 Å². The van der Waals surface area contributed by atoms with Crippen molar-refractivity contribution in [2.45, 2.75) is 13.5 Å². The summed E-state index contributed by atoms with van der Waals surface area (Å²) in [5, 5.41) is 15.9. The molecule has 0 spiro atoms. The van der Waals surface area contributed by atoms with Crippen molar-refractivity contribution < 1.29 is 19.2 Å². The van der Waals surface area contributed by atoms with Crippen LogP contribution in [0.15, 0.2) is 78.9 Å². The second-order valence-electron chi connectivity index (χ2n) is 7.50. The Labute approximate surface area is 190 Å². The van der Waals surface area contributed by atoms with Crippen molar-refractivity contribution in [3.05, 3.63) is 106 Å². The highest BCUT2D eigenvalue weighted by Crippen LogP contribution is 2.28. The first kappa shape index (κ1) is 21.8. The highest BCUT2D eigenvalue weighted by atomic mass is 16.6. The number of hydrogen-bond donors (Lipinski definition) is 1. The molecule has 7 nitrogen and oxygen atoms in total. The van der Waals surface area contributed by atoms with Crippen LogP contribution in [0.3, 0.4) is 0 Å². The van der Waals surface area contributed by atoms with Crippen molar-refractivity contribution in [3.8, 4) is 11.5 Å². The molecule has 4 aromatic carbocycles. The number of non-ortho nitro benzene ring substituents is 1. The smallest absolute Gasteiger partial charge is 0.271 e. The zero-order valence-corrected chi connectivity index (χ0v) is 18.2. The molecule has 0 saturated carbocycles. The van der Waals surface area contributed by atoms with E-state index >= 15 is 0 Å². The lowest BCUT2D eigenvalue weighted by molar-refractivity contribution is -0.384. The first-order valence-corrected chi connectivity index (χ1v) is 10.3. The average molecular weight is 442 g/mol. The van der Waals surface area contributed by atoms with E-state index in [1.165, 1.54) is 12.1 Å². The van der Waals surface area contributed by atoms with Gasteiger partial charge in [0.05, 0.1) is 17.7 Å². The van der Waals surface area contributed by atoms with Gasteiger partial charge in [0.25, 0.3) is 11.6 Å². The van der Waals surface area contributed by atoms with Crippen molar-refractivity contribution in [1.29, 1.82) is 0 Å². The van der Waals surface area contributed by atoms with E-state index in [-0.39, 0.29) is 18.2 Å². The summed E-state index contributed by atoms with van der Waals surface area (Å²) in [6.07, 6.45) is 0. The van der Waals surface area contributed by atoms with E-state index in [0.717, 1.165) is 22.1 Å². The molecule has 0 radical (unpaired) electrons. The van der Waals surface area contributed by atoms with Crippen molar-refractivity contribution in [2.24, 2.45) is 0 Å². The monoisotopic (exact) mass is 442 g/mol. The number of nitro benzene ring substituents is 1. The van der Waals surface area contributed by atoms with Gasteiger partial charge in [0.1, 0.15) is 18.1 Å². The molecule has 0 fully saturated rings. The molecule has 0 bridgehead atoms. The number of nitrogens with one attached hydrogen (secondary N) is 1. The summed E-state index contributed by atoms with van der Waals surface area (Å²) in [4.78, 5) is 23.5. The van der Waals surface area contributed by atoms with Crippen LogP contribution in [0.4, 0.5) is 11.4 Å². The Kier molecular flexibility index (Phi) is 6.22. The highest BCUT2D eigenvalue weighted by Gasteiger charge is 2.15. The van der Waals surface area contributed by atoms with Gasteiger partial charge in [-0.25, -0.2) is 0 Å². The molecule has 33 heavy (non-hydrogen) atoms. The van der Waals surface area contributed by atoms with E-state index in [2.05, 4.69) is 5.32 Å². The fraction of sp³-hybridized carbons (Fsp3) is 0.115. The van der Waals surface area contributed by atoms with Gasteiger partial charge in [0.2, 0.25) is 0 Å². The van der Waals surface area contributed by atoms with Gasteiger partial charge in [-0.3, -0.25) is 14.9 Å². The molecule has 0 aliphatic carbocycles. The largest absolute Gasteiger partial charge is 0.496 e. The number of carbonyl (C=O) groups is 1. The summed E-state index contributed by atoms with van der Waals surface area (Å²) in [6.45, 7) is 1.98. The molecular formula is C26H22N2O5. The van der Waals surface area contributed by atoms with Crippen LogP contribution >= 0.6 is 0 Å². The van der Waals surface area contributed by atoms with Crippen molar-refractivity contribution in [1.82, 2.24) is 0 Å². The summed E-state index contributed by atoms with van der Waals surface area (Å²) >= 11 is 0. The van der Waals surface area contributed by atoms with Crippen LogP contribution in [0.1, 0.15) is 21.5 Å². The van der Waals surface area contributed by atoms with E-state index in [0.29, 0.717) is 22.6 Å². The van der Waals surface area contributed by atoms with Crippen LogP contribution < -0.4 is 14.8 Å². The molecule has 0 saturated heterocycles. The predicted octanol–water partition coefficient (Wildman–Crippen LogP) is 5.90. The number of amides is 1. The minimum Gasteiger partial charge on any atom is -0.496 e. The third-order valence-corrected chi connectivity index (χ3v) is 5.36. The van der Waals surface area contributed by atoms with Gasteiger partial charge >= 0.3 is 0 Å². The van der Waals surface area contributed by atoms with Crippen molar-refractivity contribution in [3.63, 3.8) is 0 Å². The zero-order chi connectivity index (χ0) is 23.4. The van der Waals surface area contributed by atoms with Crippen LogP contribution in [-0.4, -0.2) is 17.9 Å². The number of carbonyl (C=O) groups excluding carboxylic acids is 1. The summed E-state index contributed by atoms with van der Waals surface area (Å²) in [6, 6.07) is 23.2. The number of nitro groups is 1. The maximum atomic E-state index is 12.9. The van der Waals surface area contributed by atoms with Gasteiger partial charge in [-0.1, -0.05) is 42.5 Å². The first-order valence-electron chi connectivity index (χ1n) is 10.3. The molecule has 0 atom stereocenters. The zero-order valence-electron chi connectivity index (χ0n) is 18.2. The molecule has 7 heteroatoms. The molecule has 0 unspecified atom stereocenters. The van der Waals surface area contributed by atoms with Gasteiger partial charge in [-0.15, -0.1) is 0 Å². The lowest BCUT2D eigenvalue weighted by Gasteiger charge is -2.14. The number of fused-ring (bicyclic) bond motifs is 1. The van der Waals surface area contributed by atoms with Gasteiger partial charge in [0, 0.05) is 28.6 Å². The first-order chi connectivity index (χ1) is 16.0. The fourth-order valence-corrected chi connectivity index (χ4v) is 3.56. The maximum Gasteiger partial charge on any atom is 0.271 e. The summed E-state index contributed by atoms with van der Waals surface area (Å²) in [7, 11) is 1.56. The quantitative estimate of drug-likeness (QED) is 0.284. The Morgan fingerprint density at radius 2 is 1.76 bits per heavy atom. The lowest BCUT2D eigenvalue weighted by Crippen LogP contribution is -2.14. The number of hydrogen-bond acceptors (Lipinski definition) is 5. The summed E-state index contributed by atoms with van der Waals surface area (Å²) in [5.74, 6) is 0.947. The van der Waals surface area contributed by atoms with Gasteiger partial charge in [0.15, 0.2) is 0 Å². The number of ether oxygens (including phenoxy) is 2. The summed E-state index contributed by atoms with van der Waals surface area (Å²) in [5.41, 5.74) is 2.11. The standard InChI is InChI=1S/C26H22N2O5/c1-17-10-12-21(28(30)31)15-23(17)27-26(29)19-11-13-24(32-2)20(14-19)16-33-25-9-5-7-18-6-3-4-8-22(18)25/h3-15H,16H2,1-2H3,(H,27,29). The second kappa shape index (κ2) is 9.40. The Morgan fingerprint density at radius 1 is 0.970 bits per heavy atom. The van der Waals surface area contributed by atoms with Gasteiger partial charge in [-0.05, 0) is 42.1 Å². The fourth-order valence-electron chi connectivity index (χ4n) is 3.56. The van der Waals surface area contributed by atoms with Crippen LogP contribution in [0, 0.1) is 17.0 Å². The summed E-state index contributed by atoms with van der Waals surface area (Å²) < 4.78 is 11.5. The molecule has 1 N–H and O–H groups in total. The molecule has 0 aliphatic heterocycles. The van der Waals surface area contributed by atoms with Crippen molar-refractivity contribution in [2.75, 3.05) is 12.4 Å². The topological polar surface area (TPSA) is 90.7 Å². The molecule has 0 aliphatic rings. The normalized spacial score (nSPS) is 10.6. The van der Waals surface area contributed by atoms with Crippen LogP contribution in [0.2, 0.25) is 0 Å². The molecule has 166 valence electrons. The Balaban J connectivity index is 1.57. The van der Waals surface area contributed by atoms with E-state index in [1.807, 2.05) is 42.5 Å². The van der Waals surface area contributed by atoms with E-state index in [9.17, 15) is 14.9 Å². The lowest BCUT2D eigenvalue weighted by atomic mass is 10.1. The third kappa shape index (κ3) is 4.77. The van der Waals surface area contributed by atoms with E-state index in [1.54, 1.807) is 38.3 Å². The second-order valence-corrected chi connectivity index (χ2v) is 7.50. The third-order valence-electron chi connectivity index (χ3n) is 5.36. The Morgan fingerprint density at radius 3 is 2.55 bits per heavy atom. The minimum atomic E-state index is -0.495. The highest BCUT2D eigenvalue weighted by molar-refractivity contribution is 6.05. The Hall–Kier alpha value is -4.39. The predicted molar refractivity (Wildman–Crippen MR) is 127 cm³/mol. The number of aryl methyl sites for hydroxylation is 1. The molecule has 1 amide bonds. The molecule has 4 rings (SSSR count). The number of rotatable bonds is 7. The molecule has 4 aromatic rings. The number of benzene rings is 4. The molecule has 0 heterocycles. The maximum absolute atomic E-state index is 12.9. The minimum absolute atomic E-state index is 0.0881. The van der Waals surface area contributed by atoms with Crippen LogP contribution in [0.25, 0.3) is 10.8 Å². The number of methoxy groups -OCH3 is 1. The van der Waals surface area contributed by atoms with Crippen LogP contribution in [0.5, 0.6) is 11.5 Å². The van der Waals surface area contributed by atoms with Crippen molar-refractivity contribution >= 4 is 28.1 Å². The van der Waals surface area contributed by atoms with E-state index in [4.69, 9.17) is 9.47 Å². The van der Waals surface area contributed by atoms with Crippen LogP contribution in [-0.2, 0) is 6.61 Å².